The number of benzene rings is 1. The van der Waals surface area contributed by atoms with Crippen LogP contribution < -0.4 is 0 Å². The summed E-state index contributed by atoms with van der Waals surface area (Å²) in [5.41, 5.74) is 1.44. The summed E-state index contributed by atoms with van der Waals surface area (Å²) in [6.45, 7) is 6.58. The quantitative estimate of drug-likeness (QED) is 0.458. The highest BCUT2D eigenvalue weighted by Crippen LogP contribution is 2.68. The van der Waals surface area contributed by atoms with E-state index in [9.17, 15) is 20.0 Å². The van der Waals surface area contributed by atoms with Crippen LogP contribution in [0.3, 0.4) is 0 Å². The molecule has 1 aromatic carbocycles. The average Bonchev–Trinajstić information content (AvgIpc) is 3.43. The molecule has 6 rings (SSSR count). The van der Waals surface area contributed by atoms with Gasteiger partial charge in [0.05, 0.1) is 11.0 Å². The fraction of sp³-hybridized carbons (Fsp3) is 0.741. The Morgan fingerprint density at radius 3 is 2.57 bits per heavy atom. The molecule has 0 amide bonds. The van der Waals surface area contributed by atoms with Crippen molar-refractivity contribution in [1.29, 1.82) is 0 Å². The minimum Gasteiger partial charge on any atom is -0.392 e. The maximum absolute atomic E-state index is 12.5. The number of fused-ring (bicyclic) bond motifs is 6. The smallest absolute Gasteiger partial charge is 0.300 e. The van der Waals surface area contributed by atoms with E-state index < -0.39 is 11.0 Å². The van der Waals surface area contributed by atoms with Gasteiger partial charge in [0.25, 0.3) is 0 Å². The standard InChI is InChI=1S/C27H35N3O5/c1-14(31)19-7-8-20-17-5-4-15-12-23(32)18(13-27(15,3)21(17)10-11-26(19,20)2)16-6-9-22(30(33)34)25-24(16)28-35-29-25/h6,9,15,17-21,23,32H,4-5,7-8,10-13H2,1-3H3/t15-,17-,18+,19+,20-,21-,23-,26+,27-/m0/s1. The molecule has 2 aromatic rings. The molecular formula is C27H35N3O5. The van der Waals surface area contributed by atoms with Crippen LogP contribution in [0.25, 0.3) is 11.0 Å². The number of aliphatic hydroxyl groups excluding tert-OH is 1. The lowest BCUT2D eigenvalue weighted by molar-refractivity contribution is -0.383. The number of ketones is 1. The van der Waals surface area contributed by atoms with Crippen LogP contribution >= 0.6 is 0 Å². The zero-order valence-electron chi connectivity index (χ0n) is 20.8. The second kappa shape index (κ2) is 7.82. The number of Topliss-reactive ketones (excluding diaryl/α,β-unsaturated/α-hetero) is 1. The lowest BCUT2D eigenvalue weighted by atomic mass is 9.43. The van der Waals surface area contributed by atoms with Crippen LogP contribution in [-0.2, 0) is 4.79 Å². The third-order valence-corrected chi connectivity index (χ3v) is 11.2. The number of hydrogen-bond acceptors (Lipinski definition) is 7. The molecule has 1 heterocycles. The van der Waals surface area contributed by atoms with Gasteiger partial charge in [-0.15, -0.1) is 0 Å². The van der Waals surface area contributed by atoms with E-state index in [2.05, 4.69) is 24.2 Å². The summed E-state index contributed by atoms with van der Waals surface area (Å²) >= 11 is 0. The molecule has 188 valence electrons. The lowest BCUT2D eigenvalue weighted by Crippen LogP contribution is -2.55. The van der Waals surface area contributed by atoms with Gasteiger partial charge in [-0.2, -0.15) is 0 Å². The Kier molecular flexibility index (Phi) is 5.16. The van der Waals surface area contributed by atoms with E-state index in [1.165, 1.54) is 12.5 Å². The number of carbonyl (C=O) groups excluding carboxylic acids is 1. The summed E-state index contributed by atoms with van der Waals surface area (Å²) in [7, 11) is 0. The molecular weight excluding hydrogens is 446 g/mol. The van der Waals surface area contributed by atoms with Crippen molar-refractivity contribution in [1.82, 2.24) is 10.3 Å². The van der Waals surface area contributed by atoms with E-state index in [0.717, 1.165) is 50.5 Å². The van der Waals surface area contributed by atoms with E-state index in [1.54, 1.807) is 13.0 Å². The van der Waals surface area contributed by atoms with Crippen molar-refractivity contribution >= 4 is 22.5 Å². The topological polar surface area (TPSA) is 119 Å². The largest absolute Gasteiger partial charge is 0.392 e. The molecule has 9 atom stereocenters. The third kappa shape index (κ3) is 3.17. The molecule has 8 nitrogen and oxygen atoms in total. The molecule has 4 aliphatic rings. The van der Waals surface area contributed by atoms with Gasteiger partial charge in [0, 0.05) is 17.9 Å². The first-order valence-corrected chi connectivity index (χ1v) is 13.2. The van der Waals surface area contributed by atoms with Gasteiger partial charge in [0.1, 0.15) is 11.3 Å². The number of aromatic nitrogens is 2. The van der Waals surface area contributed by atoms with E-state index in [4.69, 9.17) is 4.63 Å². The zero-order chi connectivity index (χ0) is 24.7. The summed E-state index contributed by atoms with van der Waals surface area (Å²) in [5, 5.41) is 30.6. The summed E-state index contributed by atoms with van der Waals surface area (Å²) in [4.78, 5) is 23.5. The van der Waals surface area contributed by atoms with Gasteiger partial charge < -0.3 is 5.11 Å². The Morgan fingerprint density at radius 2 is 1.83 bits per heavy atom. The molecule has 1 aromatic heterocycles. The molecule has 0 saturated heterocycles. The van der Waals surface area contributed by atoms with Crippen LogP contribution in [0.1, 0.15) is 83.6 Å². The predicted molar refractivity (Wildman–Crippen MR) is 128 cm³/mol. The maximum Gasteiger partial charge on any atom is 0.300 e. The minimum absolute atomic E-state index is 0.0771. The number of non-ortho nitro benzene ring substituents is 1. The van der Waals surface area contributed by atoms with Crippen molar-refractivity contribution in [3.05, 3.63) is 27.8 Å². The summed E-state index contributed by atoms with van der Waals surface area (Å²) in [6.07, 6.45) is 7.80. The monoisotopic (exact) mass is 481 g/mol. The van der Waals surface area contributed by atoms with Crippen molar-refractivity contribution in [2.24, 2.45) is 40.4 Å². The van der Waals surface area contributed by atoms with Gasteiger partial charge in [-0.05, 0) is 115 Å². The first kappa shape index (κ1) is 23.1. The fourth-order valence-corrected chi connectivity index (χ4v) is 9.61. The van der Waals surface area contributed by atoms with Gasteiger partial charge in [-0.3, -0.25) is 14.9 Å². The van der Waals surface area contributed by atoms with Crippen LogP contribution in [0.15, 0.2) is 16.8 Å². The second-order valence-corrected chi connectivity index (χ2v) is 12.4. The van der Waals surface area contributed by atoms with Crippen LogP contribution in [0, 0.1) is 50.5 Å². The van der Waals surface area contributed by atoms with E-state index in [-0.39, 0.29) is 33.9 Å². The van der Waals surface area contributed by atoms with E-state index in [0.29, 0.717) is 35.0 Å². The summed E-state index contributed by atoms with van der Waals surface area (Å²) in [5.74, 6) is 2.67. The summed E-state index contributed by atoms with van der Waals surface area (Å²) < 4.78 is 4.91. The van der Waals surface area contributed by atoms with Crippen molar-refractivity contribution in [2.75, 3.05) is 0 Å². The molecule has 0 unspecified atom stereocenters. The van der Waals surface area contributed by atoms with Crippen molar-refractivity contribution < 1.29 is 19.5 Å². The molecule has 0 spiro atoms. The van der Waals surface area contributed by atoms with Gasteiger partial charge in [0.15, 0.2) is 0 Å². The molecule has 0 bridgehead atoms. The molecule has 35 heavy (non-hydrogen) atoms. The van der Waals surface area contributed by atoms with Crippen molar-refractivity contribution in [2.45, 2.75) is 84.2 Å². The molecule has 1 N–H and O–H groups in total. The Hall–Kier alpha value is -2.35. The fourth-order valence-electron chi connectivity index (χ4n) is 9.61. The second-order valence-electron chi connectivity index (χ2n) is 12.4. The number of nitro groups is 1. The van der Waals surface area contributed by atoms with E-state index in [1.807, 2.05) is 0 Å². The molecule has 4 aliphatic carbocycles. The van der Waals surface area contributed by atoms with Crippen LogP contribution in [-0.4, -0.2) is 32.2 Å². The van der Waals surface area contributed by atoms with Gasteiger partial charge in [-0.1, -0.05) is 13.8 Å². The molecule has 0 radical (unpaired) electrons. The SMILES string of the molecule is CC(=O)[C@H]1CC[C@H]2[C@@H]3CC[C@H]4C[C@H](O)[C@@H](c5ccc([N+](=O)[O-])c6nonc56)C[C@]4(C)[C@H]3CC[C@]12C. The number of nitrogens with zero attached hydrogens (tertiary/aromatic N) is 3. The van der Waals surface area contributed by atoms with Crippen molar-refractivity contribution in [3.63, 3.8) is 0 Å². The zero-order valence-corrected chi connectivity index (χ0v) is 20.8. The number of rotatable bonds is 3. The van der Waals surface area contributed by atoms with Gasteiger partial charge in [0.2, 0.25) is 5.52 Å². The number of carbonyl (C=O) groups is 1. The van der Waals surface area contributed by atoms with Crippen LogP contribution in [0.4, 0.5) is 5.69 Å². The molecule has 0 aliphatic heterocycles. The normalized spacial score (nSPS) is 42.8. The van der Waals surface area contributed by atoms with Crippen LogP contribution in [0.2, 0.25) is 0 Å². The first-order chi connectivity index (χ1) is 16.6. The number of nitro benzene ring substituents is 1. The van der Waals surface area contributed by atoms with Gasteiger partial charge >= 0.3 is 5.69 Å². The predicted octanol–water partition coefficient (Wildman–Crippen LogP) is 5.43. The highest BCUT2D eigenvalue weighted by molar-refractivity contribution is 5.86. The van der Waals surface area contributed by atoms with E-state index >= 15 is 0 Å². The Labute approximate surface area is 204 Å². The minimum atomic E-state index is -0.520. The first-order valence-electron chi connectivity index (χ1n) is 13.2. The van der Waals surface area contributed by atoms with Crippen molar-refractivity contribution in [3.8, 4) is 0 Å². The lowest BCUT2D eigenvalue weighted by Gasteiger charge is -2.62. The molecule has 4 saturated carbocycles. The highest BCUT2D eigenvalue weighted by atomic mass is 16.6. The summed E-state index contributed by atoms with van der Waals surface area (Å²) in [6, 6.07) is 3.22. The Balaban J connectivity index is 1.34. The molecule has 4 fully saturated rings. The Morgan fingerprint density at radius 1 is 1.09 bits per heavy atom. The maximum atomic E-state index is 12.5. The Bertz CT molecular complexity index is 1190. The van der Waals surface area contributed by atoms with Crippen LogP contribution in [0.5, 0.6) is 0 Å². The number of hydrogen-bond donors (Lipinski definition) is 1. The average molecular weight is 482 g/mol. The highest BCUT2D eigenvalue weighted by Gasteiger charge is 2.61. The number of aliphatic hydroxyl groups is 1. The third-order valence-electron chi connectivity index (χ3n) is 11.2. The van der Waals surface area contributed by atoms with Gasteiger partial charge in [-0.25, -0.2) is 4.63 Å². The molecule has 8 heteroatoms.